The predicted octanol–water partition coefficient (Wildman–Crippen LogP) is 4.63. The van der Waals surface area contributed by atoms with Gasteiger partial charge >= 0.3 is 0 Å². The lowest BCUT2D eigenvalue weighted by Gasteiger charge is -2.33. The second-order valence-electron chi connectivity index (χ2n) is 7.63. The molecule has 3 heterocycles. The predicted molar refractivity (Wildman–Crippen MR) is 102 cm³/mol. The van der Waals surface area contributed by atoms with Gasteiger partial charge in [0.2, 0.25) is 0 Å². The zero-order chi connectivity index (χ0) is 16.8. The molecule has 3 aromatic rings. The fourth-order valence-electron chi connectivity index (χ4n) is 4.91. The van der Waals surface area contributed by atoms with Crippen LogP contribution in [0.3, 0.4) is 0 Å². The van der Waals surface area contributed by atoms with Gasteiger partial charge < -0.3 is 4.57 Å². The minimum absolute atomic E-state index is 0.555. The number of hydrogen-bond acceptors (Lipinski definition) is 2. The molecule has 1 aliphatic heterocycles. The Hall–Kier alpha value is -2.13. The van der Waals surface area contributed by atoms with Crippen molar-refractivity contribution in [3.8, 4) is 0 Å². The van der Waals surface area contributed by atoms with Crippen molar-refractivity contribution in [1.82, 2.24) is 14.5 Å². The average molecular weight is 331 g/mol. The SMILES string of the molecule is Cc1ccc2c(c1)c1c3n2CCCN(Cc2cccnc2)C3CCC1. The van der Waals surface area contributed by atoms with Crippen LogP contribution in [0.4, 0.5) is 0 Å². The largest absolute Gasteiger partial charge is 0.343 e. The van der Waals surface area contributed by atoms with Crippen molar-refractivity contribution in [3.63, 3.8) is 0 Å². The van der Waals surface area contributed by atoms with E-state index in [1.54, 1.807) is 11.3 Å². The average Bonchev–Trinajstić information content (AvgIpc) is 2.83. The lowest BCUT2D eigenvalue weighted by Crippen LogP contribution is -2.31. The highest BCUT2D eigenvalue weighted by Gasteiger charge is 2.33. The van der Waals surface area contributed by atoms with Crippen LogP contribution in [-0.4, -0.2) is 21.0 Å². The highest BCUT2D eigenvalue weighted by atomic mass is 15.2. The van der Waals surface area contributed by atoms with Crippen molar-refractivity contribution in [2.45, 2.75) is 51.7 Å². The molecule has 0 spiro atoms. The van der Waals surface area contributed by atoms with Gasteiger partial charge in [0, 0.05) is 48.6 Å². The van der Waals surface area contributed by atoms with Crippen molar-refractivity contribution in [1.29, 1.82) is 0 Å². The first kappa shape index (κ1) is 15.2. The van der Waals surface area contributed by atoms with Gasteiger partial charge in [0.25, 0.3) is 0 Å². The van der Waals surface area contributed by atoms with E-state index in [2.05, 4.69) is 51.7 Å². The molecule has 0 saturated heterocycles. The van der Waals surface area contributed by atoms with E-state index in [1.165, 1.54) is 54.3 Å². The highest BCUT2D eigenvalue weighted by Crippen LogP contribution is 2.42. The summed E-state index contributed by atoms with van der Waals surface area (Å²) in [6, 6.07) is 11.8. The van der Waals surface area contributed by atoms with Crippen LogP contribution in [0.5, 0.6) is 0 Å². The van der Waals surface area contributed by atoms with Crippen LogP contribution in [0.15, 0.2) is 42.7 Å². The molecule has 0 saturated carbocycles. The molecule has 0 amide bonds. The summed E-state index contributed by atoms with van der Waals surface area (Å²) >= 11 is 0. The number of benzene rings is 1. The third-order valence-corrected chi connectivity index (χ3v) is 5.96. The van der Waals surface area contributed by atoms with E-state index in [0.717, 1.165) is 13.1 Å². The van der Waals surface area contributed by atoms with Crippen LogP contribution in [0.1, 0.15) is 47.7 Å². The van der Waals surface area contributed by atoms with E-state index in [4.69, 9.17) is 0 Å². The Labute approximate surface area is 149 Å². The van der Waals surface area contributed by atoms with Gasteiger partial charge in [0.1, 0.15) is 0 Å². The first-order valence-electron chi connectivity index (χ1n) is 9.56. The van der Waals surface area contributed by atoms with Crippen molar-refractivity contribution in [2.24, 2.45) is 0 Å². The molecule has 2 aromatic heterocycles. The third kappa shape index (κ3) is 2.49. The summed E-state index contributed by atoms with van der Waals surface area (Å²) in [7, 11) is 0. The minimum atomic E-state index is 0.555. The van der Waals surface area contributed by atoms with Crippen LogP contribution >= 0.6 is 0 Å². The van der Waals surface area contributed by atoms with E-state index in [0.29, 0.717) is 6.04 Å². The normalized spacial score (nSPS) is 20.4. The number of aryl methyl sites for hydroxylation is 3. The van der Waals surface area contributed by atoms with Gasteiger partial charge in [0.15, 0.2) is 0 Å². The second kappa shape index (κ2) is 5.99. The summed E-state index contributed by atoms with van der Waals surface area (Å²) in [5.74, 6) is 0. The Morgan fingerprint density at radius 1 is 1.16 bits per heavy atom. The topological polar surface area (TPSA) is 21.1 Å². The fourth-order valence-corrected chi connectivity index (χ4v) is 4.91. The molecule has 25 heavy (non-hydrogen) atoms. The molecule has 3 heteroatoms. The van der Waals surface area contributed by atoms with Gasteiger partial charge in [-0.25, -0.2) is 0 Å². The molecule has 3 nitrogen and oxygen atoms in total. The van der Waals surface area contributed by atoms with Gasteiger partial charge in [-0.1, -0.05) is 17.7 Å². The summed E-state index contributed by atoms with van der Waals surface area (Å²) in [4.78, 5) is 7.01. The monoisotopic (exact) mass is 331 g/mol. The van der Waals surface area contributed by atoms with Crippen molar-refractivity contribution < 1.29 is 0 Å². The maximum Gasteiger partial charge on any atom is 0.0507 e. The molecule has 2 aliphatic rings. The number of fused-ring (bicyclic) bond motifs is 3. The number of nitrogens with zero attached hydrogens (tertiary/aromatic N) is 3. The molecule has 5 rings (SSSR count). The molecule has 0 radical (unpaired) electrons. The van der Waals surface area contributed by atoms with E-state index in [9.17, 15) is 0 Å². The number of hydrogen-bond donors (Lipinski definition) is 0. The first-order valence-corrected chi connectivity index (χ1v) is 9.56. The summed E-state index contributed by atoms with van der Waals surface area (Å²) < 4.78 is 2.64. The Bertz CT molecular complexity index is 906. The van der Waals surface area contributed by atoms with Crippen molar-refractivity contribution >= 4 is 10.9 Å². The molecule has 1 aromatic carbocycles. The van der Waals surface area contributed by atoms with Gasteiger partial charge in [-0.15, -0.1) is 0 Å². The van der Waals surface area contributed by atoms with E-state index in [1.807, 2.05) is 12.4 Å². The summed E-state index contributed by atoms with van der Waals surface area (Å²) in [5, 5.41) is 1.50. The lowest BCUT2D eigenvalue weighted by molar-refractivity contribution is 0.173. The van der Waals surface area contributed by atoms with Crippen LogP contribution in [0, 0.1) is 6.92 Å². The smallest absolute Gasteiger partial charge is 0.0507 e. The molecule has 0 fully saturated rings. The number of pyridine rings is 1. The fraction of sp³-hybridized carbons (Fsp3) is 0.409. The van der Waals surface area contributed by atoms with E-state index >= 15 is 0 Å². The summed E-state index contributed by atoms with van der Waals surface area (Å²) in [6.45, 7) is 5.55. The van der Waals surface area contributed by atoms with Crippen LogP contribution in [-0.2, 0) is 19.5 Å². The minimum Gasteiger partial charge on any atom is -0.343 e. The number of aromatic nitrogens is 2. The molecular weight excluding hydrogens is 306 g/mol. The molecule has 1 unspecified atom stereocenters. The Morgan fingerprint density at radius 3 is 3.00 bits per heavy atom. The maximum atomic E-state index is 4.31. The molecular formula is C22H25N3. The summed E-state index contributed by atoms with van der Waals surface area (Å²) in [5.41, 5.74) is 7.38. The van der Waals surface area contributed by atoms with E-state index in [-0.39, 0.29) is 0 Å². The summed E-state index contributed by atoms with van der Waals surface area (Å²) in [6.07, 6.45) is 8.93. The highest BCUT2D eigenvalue weighted by molar-refractivity contribution is 5.86. The zero-order valence-electron chi connectivity index (χ0n) is 14.9. The van der Waals surface area contributed by atoms with Gasteiger partial charge in [-0.2, -0.15) is 0 Å². The van der Waals surface area contributed by atoms with Gasteiger partial charge in [-0.3, -0.25) is 9.88 Å². The first-order chi connectivity index (χ1) is 12.3. The Kier molecular flexibility index (Phi) is 3.63. The lowest BCUT2D eigenvalue weighted by atomic mass is 9.90. The molecule has 0 bridgehead atoms. The maximum absolute atomic E-state index is 4.31. The number of rotatable bonds is 2. The second-order valence-corrected chi connectivity index (χ2v) is 7.63. The van der Waals surface area contributed by atoms with Gasteiger partial charge in [-0.05, 0) is 61.9 Å². The van der Waals surface area contributed by atoms with Crippen LogP contribution in [0.25, 0.3) is 10.9 Å². The zero-order valence-corrected chi connectivity index (χ0v) is 14.9. The standard InChI is InChI=1S/C22H25N3/c1-16-8-9-20-19(13-16)18-6-2-7-21-22(18)25(20)12-4-11-24(21)15-17-5-3-10-23-14-17/h3,5,8-10,13-14,21H,2,4,6-7,11-12,15H2,1H3. The van der Waals surface area contributed by atoms with Crippen LogP contribution < -0.4 is 0 Å². The Morgan fingerprint density at radius 2 is 2.12 bits per heavy atom. The van der Waals surface area contributed by atoms with Crippen LogP contribution in [0.2, 0.25) is 0 Å². The molecule has 1 aliphatic carbocycles. The van der Waals surface area contributed by atoms with Crippen molar-refractivity contribution in [2.75, 3.05) is 6.54 Å². The molecule has 128 valence electrons. The quantitative estimate of drug-likeness (QED) is 0.683. The third-order valence-electron chi connectivity index (χ3n) is 5.96. The molecule has 0 N–H and O–H groups in total. The molecule has 1 atom stereocenters. The van der Waals surface area contributed by atoms with Gasteiger partial charge in [0.05, 0.1) is 6.04 Å². The Balaban J connectivity index is 1.62. The van der Waals surface area contributed by atoms with Crippen molar-refractivity contribution in [3.05, 3.63) is 65.1 Å². The van der Waals surface area contributed by atoms with E-state index < -0.39 is 0 Å².